The van der Waals surface area contributed by atoms with E-state index >= 15 is 0 Å². The highest BCUT2D eigenvalue weighted by molar-refractivity contribution is 4.84. The first kappa shape index (κ1) is 18.0. The fourth-order valence-electron chi connectivity index (χ4n) is 3.84. The summed E-state index contributed by atoms with van der Waals surface area (Å²) in [7, 11) is 0. The van der Waals surface area contributed by atoms with Crippen LogP contribution in [0.4, 0.5) is 0 Å². The Bertz CT molecular complexity index is 214. The maximum absolute atomic E-state index is 3.83. The lowest BCUT2D eigenvalue weighted by Gasteiger charge is -2.37. The summed E-state index contributed by atoms with van der Waals surface area (Å²) in [6, 6.07) is 0.827. The first-order valence-corrected chi connectivity index (χ1v) is 9.55. The lowest BCUT2D eigenvalue weighted by molar-refractivity contribution is 0.186. The number of unbranched alkanes of at least 4 members (excludes halogenated alkanes) is 5. The van der Waals surface area contributed by atoms with E-state index in [1.165, 1.54) is 83.6 Å². The SMILES string of the molecule is CCCCCCCCC1CC(CC)CCC1NCCC. The molecule has 1 nitrogen and oxygen atoms in total. The molecule has 0 aromatic carbocycles. The molecule has 1 fully saturated rings. The van der Waals surface area contributed by atoms with Crippen molar-refractivity contribution < 1.29 is 0 Å². The molecule has 1 heteroatoms. The van der Waals surface area contributed by atoms with Crippen molar-refractivity contribution in [1.82, 2.24) is 5.32 Å². The van der Waals surface area contributed by atoms with Gasteiger partial charge >= 0.3 is 0 Å². The molecule has 0 aromatic heterocycles. The Balaban J connectivity index is 2.24. The minimum Gasteiger partial charge on any atom is -0.314 e. The number of hydrogen-bond donors (Lipinski definition) is 1. The highest BCUT2D eigenvalue weighted by atomic mass is 14.9. The molecular weight excluding hydrogens is 242 g/mol. The van der Waals surface area contributed by atoms with Gasteiger partial charge in [0, 0.05) is 6.04 Å². The second-order valence-electron chi connectivity index (χ2n) is 6.96. The van der Waals surface area contributed by atoms with Crippen LogP contribution in [-0.4, -0.2) is 12.6 Å². The van der Waals surface area contributed by atoms with Crippen LogP contribution in [0.25, 0.3) is 0 Å². The lowest BCUT2D eigenvalue weighted by Crippen LogP contribution is -2.41. The van der Waals surface area contributed by atoms with Crippen molar-refractivity contribution in [2.75, 3.05) is 6.54 Å². The molecule has 1 aliphatic carbocycles. The normalized spacial score (nSPS) is 26.9. The van der Waals surface area contributed by atoms with Crippen molar-refractivity contribution in [1.29, 1.82) is 0 Å². The molecule has 0 radical (unpaired) electrons. The van der Waals surface area contributed by atoms with Crippen LogP contribution in [0.2, 0.25) is 0 Å². The molecule has 3 atom stereocenters. The van der Waals surface area contributed by atoms with Gasteiger partial charge in [-0.2, -0.15) is 0 Å². The fourth-order valence-corrected chi connectivity index (χ4v) is 3.84. The van der Waals surface area contributed by atoms with Gasteiger partial charge in [0.05, 0.1) is 0 Å². The quantitative estimate of drug-likeness (QED) is 0.463. The summed E-state index contributed by atoms with van der Waals surface area (Å²) < 4.78 is 0. The first-order valence-electron chi connectivity index (χ1n) is 9.55. The molecule has 120 valence electrons. The van der Waals surface area contributed by atoms with E-state index in [1.54, 1.807) is 0 Å². The average Bonchev–Trinajstić information content (AvgIpc) is 2.49. The molecule has 0 aromatic rings. The summed E-state index contributed by atoms with van der Waals surface area (Å²) in [6.45, 7) is 8.19. The lowest BCUT2D eigenvalue weighted by atomic mass is 9.75. The molecule has 20 heavy (non-hydrogen) atoms. The maximum Gasteiger partial charge on any atom is 0.00955 e. The fraction of sp³-hybridized carbons (Fsp3) is 1.00. The van der Waals surface area contributed by atoms with Crippen molar-refractivity contribution in [3.63, 3.8) is 0 Å². The minimum atomic E-state index is 0.827. The van der Waals surface area contributed by atoms with Crippen LogP contribution >= 0.6 is 0 Å². The van der Waals surface area contributed by atoms with E-state index in [1.807, 2.05) is 0 Å². The van der Waals surface area contributed by atoms with Crippen molar-refractivity contribution in [2.24, 2.45) is 11.8 Å². The Kier molecular flexibility index (Phi) is 10.4. The third-order valence-electron chi connectivity index (χ3n) is 5.25. The second-order valence-corrected chi connectivity index (χ2v) is 6.96. The zero-order valence-electron chi connectivity index (χ0n) is 14.4. The average molecular weight is 282 g/mol. The van der Waals surface area contributed by atoms with Crippen LogP contribution < -0.4 is 5.32 Å². The zero-order chi connectivity index (χ0) is 14.6. The van der Waals surface area contributed by atoms with Gasteiger partial charge < -0.3 is 5.32 Å². The van der Waals surface area contributed by atoms with Crippen LogP contribution in [0, 0.1) is 11.8 Å². The summed E-state index contributed by atoms with van der Waals surface area (Å²) >= 11 is 0. The Morgan fingerprint density at radius 1 is 0.850 bits per heavy atom. The summed E-state index contributed by atoms with van der Waals surface area (Å²) in [5.74, 6) is 1.98. The molecule has 1 N–H and O–H groups in total. The highest BCUT2D eigenvalue weighted by Gasteiger charge is 2.28. The topological polar surface area (TPSA) is 12.0 Å². The minimum absolute atomic E-state index is 0.827. The highest BCUT2D eigenvalue weighted by Crippen LogP contribution is 2.34. The van der Waals surface area contributed by atoms with Crippen molar-refractivity contribution >= 4 is 0 Å². The van der Waals surface area contributed by atoms with Gasteiger partial charge in [0.25, 0.3) is 0 Å². The van der Waals surface area contributed by atoms with Crippen LogP contribution in [0.3, 0.4) is 0 Å². The van der Waals surface area contributed by atoms with Gasteiger partial charge in [0.2, 0.25) is 0 Å². The zero-order valence-corrected chi connectivity index (χ0v) is 14.4. The van der Waals surface area contributed by atoms with Crippen molar-refractivity contribution in [3.05, 3.63) is 0 Å². The van der Waals surface area contributed by atoms with Gasteiger partial charge in [-0.1, -0.05) is 65.7 Å². The van der Waals surface area contributed by atoms with Crippen LogP contribution in [0.15, 0.2) is 0 Å². The van der Waals surface area contributed by atoms with Crippen LogP contribution in [0.1, 0.15) is 97.8 Å². The number of rotatable bonds is 11. The molecule has 0 amide bonds. The standard InChI is InChI=1S/C19H39N/c1-4-7-8-9-10-11-12-18-16-17(6-3)13-14-19(18)20-15-5-2/h17-20H,4-16H2,1-3H3. The Morgan fingerprint density at radius 3 is 2.30 bits per heavy atom. The van der Waals surface area contributed by atoms with Crippen LogP contribution in [0.5, 0.6) is 0 Å². The molecule has 1 saturated carbocycles. The van der Waals surface area contributed by atoms with Gasteiger partial charge in [0.15, 0.2) is 0 Å². The van der Waals surface area contributed by atoms with E-state index in [2.05, 4.69) is 26.1 Å². The van der Waals surface area contributed by atoms with E-state index in [4.69, 9.17) is 0 Å². The van der Waals surface area contributed by atoms with Gasteiger partial charge in [-0.25, -0.2) is 0 Å². The Morgan fingerprint density at radius 2 is 1.60 bits per heavy atom. The molecular formula is C19H39N. The molecule has 0 heterocycles. The smallest absolute Gasteiger partial charge is 0.00955 e. The Labute approximate surface area is 128 Å². The Hall–Kier alpha value is -0.0400. The van der Waals surface area contributed by atoms with Gasteiger partial charge in [-0.15, -0.1) is 0 Å². The van der Waals surface area contributed by atoms with Crippen LogP contribution in [-0.2, 0) is 0 Å². The summed E-state index contributed by atoms with van der Waals surface area (Å²) in [5.41, 5.74) is 0. The molecule has 0 aliphatic heterocycles. The van der Waals surface area contributed by atoms with Gasteiger partial charge in [-0.05, 0) is 50.5 Å². The van der Waals surface area contributed by atoms with Crippen molar-refractivity contribution in [2.45, 2.75) is 104 Å². The van der Waals surface area contributed by atoms with Gasteiger partial charge in [0.1, 0.15) is 0 Å². The van der Waals surface area contributed by atoms with E-state index in [-0.39, 0.29) is 0 Å². The summed E-state index contributed by atoms with van der Waals surface area (Å²) in [5, 5.41) is 3.83. The predicted octanol–water partition coefficient (Wildman–Crippen LogP) is 5.93. The third-order valence-corrected chi connectivity index (χ3v) is 5.25. The van der Waals surface area contributed by atoms with Crippen molar-refractivity contribution in [3.8, 4) is 0 Å². The number of hydrogen-bond acceptors (Lipinski definition) is 1. The van der Waals surface area contributed by atoms with Gasteiger partial charge in [-0.3, -0.25) is 0 Å². The maximum atomic E-state index is 3.83. The van der Waals surface area contributed by atoms with E-state index in [0.29, 0.717) is 0 Å². The van der Waals surface area contributed by atoms with E-state index in [0.717, 1.165) is 17.9 Å². The molecule has 1 aliphatic rings. The molecule has 3 unspecified atom stereocenters. The summed E-state index contributed by atoms with van der Waals surface area (Å²) in [6.07, 6.45) is 17.2. The van der Waals surface area contributed by atoms with E-state index in [9.17, 15) is 0 Å². The summed E-state index contributed by atoms with van der Waals surface area (Å²) in [4.78, 5) is 0. The first-order chi connectivity index (χ1) is 9.81. The second kappa shape index (κ2) is 11.6. The molecule has 0 saturated heterocycles. The molecule has 0 spiro atoms. The monoisotopic (exact) mass is 281 g/mol. The predicted molar refractivity (Wildman–Crippen MR) is 91.2 cm³/mol. The molecule has 1 rings (SSSR count). The van der Waals surface area contributed by atoms with E-state index < -0.39 is 0 Å². The largest absolute Gasteiger partial charge is 0.314 e. The molecule has 0 bridgehead atoms. The third kappa shape index (κ3) is 7.11. The number of nitrogens with one attached hydrogen (secondary N) is 1.